The van der Waals surface area contributed by atoms with E-state index in [-0.39, 0.29) is 11.2 Å². The van der Waals surface area contributed by atoms with E-state index in [1.165, 1.54) is 0 Å². The van der Waals surface area contributed by atoms with Crippen LogP contribution in [-0.4, -0.2) is 27.1 Å². The van der Waals surface area contributed by atoms with E-state index in [2.05, 4.69) is 14.4 Å². The summed E-state index contributed by atoms with van der Waals surface area (Å²) in [6, 6.07) is -0.286. The summed E-state index contributed by atoms with van der Waals surface area (Å²) in [4.78, 5) is 4.67. The Balaban J connectivity index is 2.73. The maximum Gasteiger partial charge on any atom is 0.422 e. The molecule has 0 bridgehead atoms. The zero-order chi connectivity index (χ0) is 16.4. The molecule has 122 valence electrons. The normalized spacial score (nSPS) is 15.9. The lowest BCUT2D eigenvalue weighted by atomic mass is 10.2. The van der Waals surface area contributed by atoms with Crippen LogP contribution in [0.15, 0.2) is 0 Å². The third-order valence-electron chi connectivity index (χ3n) is 2.41. The van der Waals surface area contributed by atoms with Gasteiger partial charge in [-0.25, -0.2) is 4.98 Å². The van der Waals surface area contributed by atoms with Crippen LogP contribution in [0.5, 0.6) is 5.19 Å². The molecule has 0 radical (unpaired) electrons. The zero-order valence-electron chi connectivity index (χ0n) is 12.5. The highest BCUT2D eigenvalue weighted by Gasteiger charge is 2.31. The number of nitrogens with one attached hydrogen (secondary N) is 1. The van der Waals surface area contributed by atoms with E-state index in [4.69, 9.17) is 0 Å². The topological polar surface area (TPSA) is 57.2 Å². The number of alkyl halides is 3. The van der Waals surface area contributed by atoms with E-state index in [0.29, 0.717) is 10.6 Å². The Labute approximate surface area is 129 Å². The summed E-state index contributed by atoms with van der Waals surface area (Å²) in [6.07, 6.45) is -4.39. The van der Waals surface area contributed by atoms with Crippen molar-refractivity contribution in [3.8, 4) is 5.19 Å². The molecular formula is C12H19F3N2O2S2. The van der Waals surface area contributed by atoms with Gasteiger partial charge in [-0.05, 0) is 34.6 Å². The monoisotopic (exact) mass is 344 g/mol. The van der Waals surface area contributed by atoms with Crippen LogP contribution in [0, 0.1) is 6.92 Å². The zero-order valence-corrected chi connectivity index (χ0v) is 14.1. The highest BCUT2D eigenvalue weighted by atomic mass is 32.2. The number of aryl methyl sites for hydroxylation is 1. The maximum atomic E-state index is 12.1. The predicted octanol–water partition coefficient (Wildman–Crippen LogP) is 3.51. The molecule has 1 aromatic heterocycles. The van der Waals surface area contributed by atoms with Gasteiger partial charge in [0.2, 0.25) is 0 Å². The van der Waals surface area contributed by atoms with Crippen LogP contribution in [0.25, 0.3) is 0 Å². The van der Waals surface area contributed by atoms with Gasteiger partial charge in [0, 0.05) is 11.4 Å². The molecule has 0 aliphatic rings. The van der Waals surface area contributed by atoms with Crippen molar-refractivity contribution in [2.45, 2.75) is 51.6 Å². The quantitative estimate of drug-likeness (QED) is 0.831. The number of halogens is 3. The first-order valence-corrected chi connectivity index (χ1v) is 8.21. The van der Waals surface area contributed by atoms with Gasteiger partial charge >= 0.3 is 6.18 Å². The average molecular weight is 344 g/mol. The van der Waals surface area contributed by atoms with Gasteiger partial charge in [-0.15, -0.1) is 4.72 Å². The highest BCUT2D eigenvalue weighted by Crippen LogP contribution is 2.32. The minimum Gasteiger partial charge on any atom is -0.598 e. The third kappa shape index (κ3) is 6.01. The number of nitrogens with zero attached hydrogens (tertiary/aromatic N) is 1. The molecule has 21 heavy (non-hydrogen) atoms. The Morgan fingerprint density at radius 1 is 1.38 bits per heavy atom. The first kappa shape index (κ1) is 18.5. The molecule has 2 atom stereocenters. The fourth-order valence-electron chi connectivity index (χ4n) is 1.38. The van der Waals surface area contributed by atoms with E-state index >= 15 is 0 Å². The summed E-state index contributed by atoms with van der Waals surface area (Å²) >= 11 is -0.246. The minimum absolute atomic E-state index is 0.0324. The molecule has 0 fully saturated rings. The van der Waals surface area contributed by atoms with Crippen molar-refractivity contribution in [3.05, 3.63) is 10.6 Å². The first-order chi connectivity index (χ1) is 9.40. The molecule has 1 aromatic rings. The predicted molar refractivity (Wildman–Crippen MR) is 77.8 cm³/mol. The summed E-state index contributed by atoms with van der Waals surface area (Å²) < 4.78 is 55.5. The van der Waals surface area contributed by atoms with Crippen molar-refractivity contribution in [2.24, 2.45) is 0 Å². The maximum absolute atomic E-state index is 12.1. The molecule has 0 aliphatic heterocycles. The van der Waals surface area contributed by atoms with Gasteiger partial charge in [-0.2, -0.15) is 13.2 Å². The second-order valence-electron chi connectivity index (χ2n) is 5.55. The number of aromatic nitrogens is 1. The summed E-state index contributed by atoms with van der Waals surface area (Å²) in [5, 5.41) is -0.0324. The van der Waals surface area contributed by atoms with Crippen molar-refractivity contribution in [1.29, 1.82) is 0 Å². The summed E-state index contributed by atoms with van der Waals surface area (Å²) in [7, 11) is 0. The van der Waals surface area contributed by atoms with Crippen LogP contribution >= 0.6 is 11.3 Å². The molecule has 0 saturated carbocycles. The summed E-state index contributed by atoms with van der Waals surface area (Å²) in [6.45, 7) is 7.61. The summed E-state index contributed by atoms with van der Waals surface area (Å²) in [5.74, 6) is 0. The van der Waals surface area contributed by atoms with E-state index in [1.54, 1.807) is 13.8 Å². The van der Waals surface area contributed by atoms with E-state index in [1.807, 2.05) is 20.8 Å². The van der Waals surface area contributed by atoms with Gasteiger partial charge in [0.1, 0.15) is 4.75 Å². The summed E-state index contributed by atoms with van der Waals surface area (Å²) in [5.41, 5.74) is 0.572. The molecule has 0 aliphatic carbocycles. The van der Waals surface area contributed by atoms with Crippen LogP contribution < -0.4 is 9.46 Å². The van der Waals surface area contributed by atoms with Crippen molar-refractivity contribution < 1.29 is 22.5 Å². The van der Waals surface area contributed by atoms with Crippen molar-refractivity contribution >= 4 is 22.7 Å². The lowest BCUT2D eigenvalue weighted by molar-refractivity contribution is -0.153. The molecule has 0 amide bonds. The lowest BCUT2D eigenvalue weighted by Crippen LogP contribution is -2.40. The second kappa shape index (κ2) is 6.72. The standard InChI is InChI=1S/C12H19F3N2O2S2/c1-7-9(8(2)17-21(18)11(3,4)5)20-10(16-7)19-6-12(13,14)15/h8,17H,6H2,1-5H3. The number of rotatable bonds is 5. The van der Waals surface area contributed by atoms with Gasteiger partial charge in [-0.1, -0.05) is 11.3 Å². The average Bonchev–Trinajstić information content (AvgIpc) is 2.66. The Bertz CT molecular complexity index is 472. The Morgan fingerprint density at radius 3 is 2.43 bits per heavy atom. The van der Waals surface area contributed by atoms with E-state index < -0.39 is 28.9 Å². The van der Waals surface area contributed by atoms with Crippen molar-refractivity contribution in [2.75, 3.05) is 6.61 Å². The number of thiazole rings is 1. The molecule has 1 N–H and O–H groups in total. The largest absolute Gasteiger partial charge is 0.598 e. The van der Waals surface area contributed by atoms with Gasteiger partial charge in [0.05, 0.1) is 16.6 Å². The fraction of sp³-hybridized carbons (Fsp3) is 0.750. The van der Waals surface area contributed by atoms with Gasteiger partial charge < -0.3 is 9.29 Å². The number of ether oxygens (including phenoxy) is 1. The van der Waals surface area contributed by atoms with E-state index in [9.17, 15) is 17.7 Å². The van der Waals surface area contributed by atoms with Gasteiger partial charge in [0.25, 0.3) is 5.19 Å². The van der Waals surface area contributed by atoms with Gasteiger partial charge in [-0.3, -0.25) is 0 Å². The van der Waals surface area contributed by atoms with Crippen LogP contribution in [0.4, 0.5) is 13.2 Å². The molecular weight excluding hydrogens is 325 g/mol. The Kier molecular flexibility index (Phi) is 5.93. The third-order valence-corrected chi connectivity index (χ3v) is 5.34. The molecule has 0 aromatic carbocycles. The smallest absolute Gasteiger partial charge is 0.422 e. The molecule has 9 heteroatoms. The molecule has 4 nitrogen and oxygen atoms in total. The van der Waals surface area contributed by atoms with E-state index in [0.717, 1.165) is 11.3 Å². The second-order valence-corrected chi connectivity index (χ2v) is 8.55. The Morgan fingerprint density at radius 2 is 1.95 bits per heavy atom. The fourth-order valence-corrected chi connectivity index (χ4v) is 3.17. The Hall–Kier alpha value is -0.510. The molecule has 1 rings (SSSR count). The van der Waals surface area contributed by atoms with Crippen molar-refractivity contribution in [3.63, 3.8) is 0 Å². The number of hydrogen-bond acceptors (Lipinski definition) is 5. The highest BCUT2D eigenvalue weighted by molar-refractivity contribution is 7.90. The molecule has 2 unspecified atom stereocenters. The first-order valence-electron chi connectivity index (χ1n) is 6.25. The SMILES string of the molecule is Cc1nc(OCC(F)(F)F)sc1C(C)N[S+]([O-])C(C)(C)C. The van der Waals surface area contributed by atoms with Crippen LogP contribution in [0.1, 0.15) is 44.3 Å². The van der Waals surface area contributed by atoms with Crippen LogP contribution in [0.3, 0.4) is 0 Å². The number of hydrogen-bond donors (Lipinski definition) is 1. The van der Waals surface area contributed by atoms with Crippen LogP contribution in [0.2, 0.25) is 0 Å². The molecule has 0 saturated heterocycles. The van der Waals surface area contributed by atoms with Crippen LogP contribution in [-0.2, 0) is 11.4 Å². The molecule has 0 spiro atoms. The van der Waals surface area contributed by atoms with Crippen molar-refractivity contribution in [1.82, 2.24) is 9.71 Å². The van der Waals surface area contributed by atoms with Gasteiger partial charge in [0.15, 0.2) is 6.61 Å². The lowest BCUT2D eigenvalue weighted by Gasteiger charge is -2.26. The minimum atomic E-state index is -4.39. The molecule has 1 heterocycles.